The van der Waals surface area contributed by atoms with E-state index in [9.17, 15) is 4.79 Å². The number of hydrogen-bond donors (Lipinski definition) is 2. The molecule has 7 heteroatoms. The summed E-state index contributed by atoms with van der Waals surface area (Å²) in [4.78, 5) is 14.1. The van der Waals surface area contributed by atoms with E-state index in [-0.39, 0.29) is 11.2 Å². The molecular weight excluding hydrogens is 268 g/mol. The number of nitrogens with one attached hydrogen (secondary N) is 2. The van der Waals surface area contributed by atoms with Gasteiger partial charge in [-0.3, -0.25) is 0 Å². The van der Waals surface area contributed by atoms with Crippen LogP contribution in [0.5, 0.6) is 0 Å². The standard InChI is InChI=1S/C14H20N6O/c21-13-17-16-11-4-5-12(18-20(11)13)19-9-8-15-10-14(19)6-2-1-3-7-14/h4-5,15H,1-3,6-10H2,(H,17,21). The molecule has 112 valence electrons. The molecule has 0 unspecified atom stereocenters. The number of nitrogens with zero attached hydrogens (tertiary/aromatic N) is 4. The van der Waals surface area contributed by atoms with Crippen molar-refractivity contribution in [2.24, 2.45) is 0 Å². The first-order chi connectivity index (χ1) is 10.3. The highest BCUT2D eigenvalue weighted by Crippen LogP contribution is 2.36. The van der Waals surface area contributed by atoms with Gasteiger partial charge in [-0.05, 0) is 25.0 Å². The van der Waals surface area contributed by atoms with Crippen molar-refractivity contribution in [1.29, 1.82) is 0 Å². The summed E-state index contributed by atoms with van der Waals surface area (Å²) in [6.07, 6.45) is 6.25. The fourth-order valence-corrected chi connectivity index (χ4v) is 3.80. The van der Waals surface area contributed by atoms with Gasteiger partial charge in [-0.15, -0.1) is 5.10 Å². The predicted octanol–water partition coefficient (Wildman–Crippen LogP) is 0.530. The van der Waals surface area contributed by atoms with Crippen LogP contribution in [0.15, 0.2) is 16.9 Å². The maximum atomic E-state index is 11.7. The molecule has 2 N–H and O–H groups in total. The Labute approximate surface area is 122 Å². The van der Waals surface area contributed by atoms with Crippen molar-refractivity contribution in [2.45, 2.75) is 37.6 Å². The SMILES string of the molecule is O=c1[nH]nc2ccc(N3CCNCC34CCCCC4)nn12. The Morgan fingerprint density at radius 3 is 2.90 bits per heavy atom. The summed E-state index contributed by atoms with van der Waals surface area (Å²) in [7, 11) is 0. The van der Waals surface area contributed by atoms with Gasteiger partial charge in [-0.1, -0.05) is 19.3 Å². The average molecular weight is 288 g/mol. The fraction of sp³-hybridized carbons (Fsp3) is 0.643. The monoisotopic (exact) mass is 288 g/mol. The summed E-state index contributed by atoms with van der Waals surface area (Å²) in [6, 6.07) is 3.84. The van der Waals surface area contributed by atoms with E-state index in [2.05, 4.69) is 25.5 Å². The van der Waals surface area contributed by atoms with Gasteiger partial charge in [0.25, 0.3) is 0 Å². The van der Waals surface area contributed by atoms with Crippen molar-refractivity contribution in [2.75, 3.05) is 24.5 Å². The summed E-state index contributed by atoms with van der Waals surface area (Å²) in [6.45, 7) is 2.90. The zero-order valence-electron chi connectivity index (χ0n) is 12.0. The third-order valence-corrected chi connectivity index (χ3v) is 4.86. The van der Waals surface area contributed by atoms with Crippen LogP contribution in [0.4, 0.5) is 5.82 Å². The molecule has 3 heterocycles. The minimum atomic E-state index is -0.278. The number of anilines is 1. The summed E-state index contributed by atoms with van der Waals surface area (Å²) < 4.78 is 1.36. The van der Waals surface area contributed by atoms with Crippen LogP contribution in [0.2, 0.25) is 0 Å². The van der Waals surface area contributed by atoms with E-state index in [1.165, 1.54) is 36.6 Å². The maximum absolute atomic E-state index is 11.7. The summed E-state index contributed by atoms with van der Waals surface area (Å²) in [5, 5.41) is 14.4. The van der Waals surface area contributed by atoms with E-state index in [1.807, 2.05) is 12.1 Å². The second-order valence-electron chi connectivity index (χ2n) is 6.10. The minimum Gasteiger partial charge on any atom is -0.347 e. The molecule has 0 radical (unpaired) electrons. The largest absolute Gasteiger partial charge is 0.364 e. The average Bonchev–Trinajstić information content (AvgIpc) is 2.90. The topological polar surface area (TPSA) is 78.3 Å². The first kappa shape index (κ1) is 12.8. The molecule has 2 aromatic rings. The first-order valence-corrected chi connectivity index (χ1v) is 7.71. The molecule has 0 amide bonds. The van der Waals surface area contributed by atoms with Gasteiger partial charge >= 0.3 is 5.69 Å². The highest BCUT2D eigenvalue weighted by molar-refractivity contribution is 5.48. The van der Waals surface area contributed by atoms with Crippen LogP contribution in [0, 0.1) is 0 Å². The van der Waals surface area contributed by atoms with Crippen LogP contribution in [-0.4, -0.2) is 45.0 Å². The van der Waals surface area contributed by atoms with E-state index in [0.717, 1.165) is 25.5 Å². The second-order valence-corrected chi connectivity index (χ2v) is 6.10. The van der Waals surface area contributed by atoms with Gasteiger partial charge in [0.15, 0.2) is 5.65 Å². The quantitative estimate of drug-likeness (QED) is 0.800. The van der Waals surface area contributed by atoms with Crippen molar-refractivity contribution in [3.63, 3.8) is 0 Å². The normalized spacial score (nSPS) is 22.0. The Kier molecular flexibility index (Phi) is 2.95. The molecule has 7 nitrogen and oxygen atoms in total. The van der Waals surface area contributed by atoms with Crippen molar-refractivity contribution >= 4 is 11.5 Å². The van der Waals surface area contributed by atoms with Gasteiger partial charge in [0.1, 0.15) is 5.82 Å². The third-order valence-electron chi connectivity index (χ3n) is 4.86. The van der Waals surface area contributed by atoms with Crippen LogP contribution < -0.4 is 15.9 Å². The van der Waals surface area contributed by atoms with Crippen molar-refractivity contribution < 1.29 is 0 Å². The minimum absolute atomic E-state index is 0.157. The lowest BCUT2D eigenvalue weighted by Gasteiger charge is -2.50. The molecule has 2 fully saturated rings. The van der Waals surface area contributed by atoms with E-state index in [0.29, 0.717) is 5.65 Å². The molecule has 4 rings (SSSR count). The van der Waals surface area contributed by atoms with Crippen LogP contribution in [0.1, 0.15) is 32.1 Å². The van der Waals surface area contributed by atoms with E-state index < -0.39 is 0 Å². The van der Waals surface area contributed by atoms with E-state index >= 15 is 0 Å². The number of aromatic nitrogens is 4. The lowest BCUT2D eigenvalue weighted by molar-refractivity contribution is 0.239. The predicted molar refractivity (Wildman–Crippen MR) is 79.6 cm³/mol. The molecule has 2 aliphatic rings. The Balaban J connectivity index is 1.77. The number of aromatic amines is 1. The zero-order chi connectivity index (χ0) is 14.3. The highest BCUT2D eigenvalue weighted by atomic mass is 16.2. The summed E-state index contributed by atoms with van der Waals surface area (Å²) in [5.74, 6) is 0.884. The van der Waals surface area contributed by atoms with Crippen LogP contribution in [-0.2, 0) is 0 Å². The Bertz CT molecular complexity index is 691. The van der Waals surface area contributed by atoms with Gasteiger partial charge < -0.3 is 10.2 Å². The third kappa shape index (κ3) is 2.03. The Morgan fingerprint density at radius 2 is 2.05 bits per heavy atom. The molecule has 1 aliphatic heterocycles. The van der Waals surface area contributed by atoms with E-state index in [4.69, 9.17) is 0 Å². The van der Waals surface area contributed by atoms with Gasteiger partial charge in [0.2, 0.25) is 0 Å². The molecule has 1 saturated carbocycles. The zero-order valence-corrected chi connectivity index (χ0v) is 12.0. The molecule has 0 aromatic carbocycles. The molecule has 0 bridgehead atoms. The van der Waals surface area contributed by atoms with Crippen LogP contribution >= 0.6 is 0 Å². The summed E-state index contributed by atoms with van der Waals surface area (Å²) in [5.41, 5.74) is 0.445. The van der Waals surface area contributed by atoms with Crippen molar-refractivity contribution in [3.05, 3.63) is 22.6 Å². The molecular formula is C14H20N6O. The van der Waals surface area contributed by atoms with Crippen LogP contribution in [0.25, 0.3) is 5.65 Å². The maximum Gasteiger partial charge on any atom is 0.364 e. The summed E-state index contributed by atoms with van der Waals surface area (Å²) >= 11 is 0. The molecule has 21 heavy (non-hydrogen) atoms. The first-order valence-electron chi connectivity index (χ1n) is 7.71. The molecule has 2 aromatic heterocycles. The molecule has 1 aliphatic carbocycles. The number of hydrogen-bond acceptors (Lipinski definition) is 5. The molecule has 1 saturated heterocycles. The molecule has 0 atom stereocenters. The highest BCUT2D eigenvalue weighted by Gasteiger charge is 2.40. The number of piperazine rings is 1. The second kappa shape index (κ2) is 4.84. The number of fused-ring (bicyclic) bond motifs is 1. The van der Waals surface area contributed by atoms with E-state index in [1.54, 1.807) is 0 Å². The smallest absolute Gasteiger partial charge is 0.347 e. The van der Waals surface area contributed by atoms with Gasteiger partial charge in [-0.2, -0.15) is 9.61 Å². The Morgan fingerprint density at radius 1 is 1.19 bits per heavy atom. The fourth-order valence-electron chi connectivity index (χ4n) is 3.80. The van der Waals surface area contributed by atoms with Gasteiger partial charge in [-0.25, -0.2) is 9.89 Å². The lowest BCUT2D eigenvalue weighted by atomic mass is 9.79. The van der Waals surface area contributed by atoms with Crippen molar-refractivity contribution in [3.8, 4) is 0 Å². The van der Waals surface area contributed by atoms with Crippen LogP contribution in [0.3, 0.4) is 0 Å². The Hall–Kier alpha value is -1.89. The lowest BCUT2D eigenvalue weighted by Crippen LogP contribution is -2.62. The number of rotatable bonds is 1. The van der Waals surface area contributed by atoms with Crippen molar-refractivity contribution in [1.82, 2.24) is 25.1 Å². The van der Waals surface area contributed by atoms with Gasteiger partial charge in [0, 0.05) is 19.6 Å². The molecule has 1 spiro atoms. The van der Waals surface area contributed by atoms with Gasteiger partial charge in [0.05, 0.1) is 5.54 Å². The number of H-pyrrole nitrogens is 1.